The van der Waals surface area contributed by atoms with Crippen LogP contribution in [0.2, 0.25) is 0 Å². The number of carbonyl (C=O) groups excluding carboxylic acids is 2. The molecule has 6 heteroatoms. The molecule has 2 rings (SSSR count). The van der Waals surface area contributed by atoms with E-state index >= 15 is 0 Å². The number of hydrogen-bond donors (Lipinski definition) is 2. The highest BCUT2D eigenvalue weighted by Crippen LogP contribution is 2.29. The minimum absolute atomic E-state index is 0.0609. The normalized spacial score (nSPS) is 11.8. The highest BCUT2D eigenvalue weighted by molar-refractivity contribution is 9.10. The lowest BCUT2D eigenvalue weighted by Crippen LogP contribution is -2.33. The van der Waals surface area contributed by atoms with Gasteiger partial charge in [0.1, 0.15) is 5.75 Å². The smallest absolute Gasteiger partial charge is 0.262 e. The van der Waals surface area contributed by atoms with Crippen LogP contribution in [0.4, 0.5) is 5.69 Å². The van der Waals surface area contributed by atoms with E-state index in [1.807, 2.05) is 32.0 Å². The van der Waals surface area contributed by atoms with Crippen LogP contribution < -0.4 is 15.4 Å². The molecule has 0 saturated carbocycles. The number of amides is 2. The van der Waals surface area contributed by atoms with Crippen LogP contribution in [0.15, 0.2) is 46.9 Å². The summed E-state index contributed by atoms with van der Waals surface area (Å²) in [6.45, 7) is 8.02. The van der Waals surface area contributed by atoms with Gasteiger partial charge in [-0.2, -0.15) is 0 Å². The number of rotatable bonds is 8. The molecule has 5 nitrogen and oxygen atoms in total. The fourth-order valence-electron chi connectivity index (χ4n) is 2.52. The topological polar surface area (TPSA) is 67.4 Å². The first-order valence-electron chi connectivity index (χ1n) is 9.43. The van der Waals surface area contributed by atoms with Gasteiger partial charge in [-0.05, 0) is 65.0 Å². The van der Waals surface area contributed by atoms with Crippen molar-refractivity contribution >= 4 is 33.4 Å². The Kier molecular flexibility index (Phi) is 8.05. The van der Waals surface area contributed by atoms with E-state index in [-0.39, 0.29) is 24.5 Å². The number of hydrogen-bond acceptors (Lipinski definition) is 3. The molecule has 2 aromatic rings. The monoisotopic (exact) mass is 446 g/mol. The molecule has 2 aromatic carbocycles. The first kappa shape index (κ1) is 22.0. The molecule has 0 saturated heterocycles. The molecular weight excluding hydrogens is 420 g/mol. The molecule has 0 unspecified atom stereocenters. The first-order valence-corrected chi connectivity index (χ1v) is 10.2. The molecular formula is C22H27BrN2O3. The summed E-state index contributed by atoms with van der Waals surface area (Å²) in [7, 11) is 0. The van der Waals surface area contributed by atoms with Crippen LogP contribution in [-0.2, 0) is 4.79 Å². The van der Waals surface area contributed by atoms with Gasteiger partial charge < -0.3 is 15.4 Å². The number of carbonyl (C=O) groups is 2. The third-order valence-corrected chi connectivity index (χ3v) is 5.04. The first-order chi connectivity index (χ1) is 13.3. The van der Waals surface area contributed by atoms with Crippen molar-refractivity contribution in [3.8, 4) is 5.75 Å². The van der Waals surface area contributed by atoms with E-state index in [1.165, 1.54) is 5.56 Å². The summed E-state index contributed by atoms with van der Waals surface area (Å²) in [5, 5.41) is 5.67. The second-order valence-electron chi connectivity index (χ2n) is 7.01. The van der Waals surface area contributed by atoms with Gasteiger partial charge >= 0.3 is 0 Å². The molecule has 0 heterocycles. The van der Waals surface area contributed by atoms with Crippen LogP contribution in [0.3, 0.4) is 0 Å². The zero-order valence-corrected chi connectivity index (χ0v) is 18.3. The van der Waals surface area contributed by atoms with Gasteiger partial charge in [0.2, 0.25) is 0 Å². The number of anilines is 1. The van der Waals surface area contributed by atoms with E-state index in [9.17, 15) is 9.59 Å². The Labute approximate surface area is 175 Å². The molecule has 2 N–H and O–H groups in total. The van der Waals surface area contributed by atoms with E-state index in [2.05, 4.69) is 40.4 Å². The molecule has 1 atom stereocenters. The van der Waals surface area contributed by atoms with Crippen molar-refractivity contribution in [3.05, 3.63) is 58.1 Å². The number of halogens is 1. The summed E-state index contributed by atoms with van der Waals surface area (Å²) >= 11 is 3.48. The Morgan fingerprint density at radius 3 is 2.46 bits per heavy atom. The Balaban J connectivity index is 2.01. The molecule has 28 heavy (non-hydrogen) atoms. The number of benzene rings is 2. The van der Waals surface area contributed by atoms with Gasteiger partial charge in [-0.25, -0.2) is 0 Å². The molecule has 0 aliphatic carbocycles. The lowest BCUT2D eigenvalue weighted by molar-refractivity contribution is -0.118. The maximum absolute atomic E-state index is 12.4. The summed E-state index contributed by atoms with van der Waals surface area (Å²) in [4.78, 5) is 24.8. The molecule has 2 amide bonds. The predicted octanol–water partition coefficient (Wildman–Crippen LogP) is 5.12. The van der Waals surface area contributed by atoms with E-state index in [1.54, 1.807) is 24.3 Å². The van der Waals surface area contributed by atoms with Gasteiger partial charge in [-0.1, -0.05) is 39.0 Å². The van der Waals surface area contributed by atoms with Crippen LogP contribution in [0, 0.1) is 0 Å². The van der Waals surface area contributed by atoms with Crippen molar-refractivity contribution in [1.82, 2.24) is 5.32 Å². The Morgan fingerprint density at radius 2 is 1.82 bits per heavy atom. The van der Waals surface area contributed by atoms with Crippen molar-refractivity contribution in [2.75, 3.05) is 11.9 Å². The SMILES string of the molecule is CC[C@@H](C)NC(=O)c1ccccc1NC(=O)COc1ccc(C(C)C)cc1Br. The Hall–Kier alpha value is -2.34. The van der Waals surface area contributed by atoms with Crippen molar-refractivity contribution in [3.63, 3.8) is 0 Å². The Bertz CT molecular complexity index is 836. The van der Waals surface area contributed by atoms with Crippen molar-refractivity contribution < 1.29 is 14.3 Å². The average molecular weight is 447 g/mol. The maximum Gasteiger partial charge on any atom is 0.262 e. The van der Waals surface area contributed by atoms with Gasteiger partial charge in [0.05, 0.1) is 15.7 Å². The summed E-state index contributed by atoms with van der Waals surface area (Å²) < 4.78 is 6.43. The van der Waals surface area contributed by atoms with E-state index in [0.717, 1.165) is 10.9 Å². The lowest BCUT2D eigenvalue weighted by Gasteiger charge is -2.15. The second-order valence-corrected chi connectivity index (χ2v) is 7.86. The van der Waals surface area contributed by atoms with Gasteiger partial charge in [0, 0.05) is 6.04 Å². The summed E-state index contributed by atoms with van der Waals surface area (Å²) in [6, 6.07) is 12.8. The summed E-state index contributed by atoms with van der Waals surface area (Å²) in [5.41, 5.74) is 2.08. The van der Waals surface area contributed by atoms with Crippen LogP contribution in [0.25, 0.3) is 0 Å². The molecule has 0 bridgehead atoms. The minimum atomic E-state index is -0.330. The predicted molar refractivity (Wildman–Crippen MR) is 116 cm³/mol. The van der Waals surface area contributed by atoms with E-state index in [0.29, 0.717) is 22.9 Å². The molecule has 0 spiro atoms. The zero-order valence-electron chi connectivity index (χ0n) is 16.7. The molecule has 0 aliphatic heterocycles. The fraction of sp³-hybridized carbons (Fsp3) is 0.364. The van der Waals surface area contributed by atoms with Crippen LogP contribution >= 0.6 is 15.9 Å². The standard InChI is InChI=1S/C22H27BrN2O3/c1-5-15(4)24-22(27)17-8-6-7-9-19(17)25-21(26)13-28-20-11-10-16(14(2)3)12-18(20)23/h6-12,14-15H,5,13H2,1-4H3,(H,24,27)(H,25,26)/t15-/m1/s1. The highest BCUT2D eigenvalue weighted by atomic mass is 79.9. The second kappa shape index (κ2) is 10.3. The van der Waals surface area contributed by atoms with Gasteiger partial charge in [0.25, 0.3) is 11.8 Å². The summed E-state index contributed by atoms with van der Waals surface area (Å²) in [5.74, 6) is 0.468. The molecule has 150 valence electrons. The van der Waals surface area contributed by atoms with E-state index in [4.69, 9.17) is 4.74 Å². The maximum atomic E-state index is 12.4. The molecule has 0 aromatic heterocycles. The number of nitrogens with one attached hydrogen (secondary N) is 2. The van der Waals surface area contributed by atoms with Crippen LogP contribution in [-0.4, -0.2) is 24.5 Å². The molecule has 0 fully saturated rings. The Morgan fingerprint density at radius 1 is 1.11 bits per heavy atom. The molecule has 0 radical (unpaired) electrons. The largest absolute Gasteiger partial charge is 0.483 e. The van der Waals surface area contributed by atoms with Gasteiger partial charge in [-0.15, -0.1) is 0 Å². The lowest BCUT2D eigenvalue weighted by atomic mass is 10.0. The molecule has 0 aliphatic rings. The van der Waals surface area contributed by atoms with Crippen molar-refractivity contribution in [2.24, 2.45) is 0 Å². The van der Waals surface area contributed by atoms with Crippen molar-refractivity contribution in [1.29, 1.82) is 0 Å². The average Bonchev–Trinajstić information content (AvgIpc) is 2.67. The van der Waals surface area contributed by atoms with Gasteiger partial charge in [0.15, 0.2) is 6.61 Å². The number of ether oxygens (including phenoxy) is 1. The van der Waals surface area contributed by atoms with Crippen LogP contribution in [0.5, 0.6) is 5.75 Å². The van der Waals surface area contributed by atoms with Crippen molar-refractivity contribution in [2.45, 2.75) is 46.1 Å². The fourth-order valence-corrected chi connectivity index (χ4v) is 3.03. The minimum Gasteiger partial charge on any atom is -0.483 e. The number of para-hydroxylation sites is 1. The zero-order chi connectivity index (χ0) is 20.7. The highest BCUT2D eigenvalue weighted by Gasteiger charge is 2.15. The third-order valence-electron chi connectivity index (χ3n) is 4.42. The van der Waals surface area contributed by atoms with Crippen LogP contribution in [0.1, 0.15) is 56.0 Å². The van der Waals surface area contributed by atoms with Gasteiger partial charge in [-0.3, -0.25) is 9.59 Å². The summed E-state index contributed by atoms with van der Waals surface area (Å²) in [6.07, 6.45) is 0.832. The third kappa shape index (κ3) is 6.09. The quantitative estimate of drug-likeness (QED) is 0.591. The van der Waals surface area contributed by atoms with E-state index < -0.39 is 0 Å².